The van der Waals surface area contributed by atoms with E-state index in [1.165, 1.54) is 0 Å². The number of aromatic nitrogens is 2. The van der Waals surface area contributed by atoms with Crippen LogP contribution in [0.25, 0.3) is 0 Å². The summed E-state index contributed by atoms with van der Waals surface area (Å²) in [5.74, 6) is 1.74. The van der Waals surface area contributed by atoms with Crippen molar-refractivity contribution < 1.29 is 4.74 Å². The predicted octanol–water partition coefficient (Wildman–Crippen LogP) is 1.60. The first-order valence-corrected chi connectivity index (χ1v) is 7.24. The summed E-state index contributed by atoms with van der Waals surface area (Å²) in [7, 11) is 5.49. The lowest BCUT2D eigenvalue weighted by Crippen LogP contribution is -2.39. The molecular formula is C16H23N5O. The quantitative estimate of drug-likeness (QED) is 0.650. The van der Waals surface area contributed by atoms with Crippen LogP contribution in [-0.2, 0) is 13.1 Å². The molecule has 0 saturated carbocycles. The predicted molar refractivity (Wildman–Crippen MR) is 88.0 cm³/mol. The Morgan fingerprint density at radius 3 is 2.91 bits per heavy atom. The number of rotatable bonds is 6. The Hall–Kier alpha value is -2.50. The summed E-state index contributed by atoms with van der Waals surface area (Å²) < 4.78 is 7.42. The van der Waals surface area contributed by atoms with E-state index in [1.807, 2.05) is 42.3 Å². The van der Waals surface area contributed by atoms with E-state index in [4.69, 9.17) is 4.74 Å². The lowest BCUT2D eigenvalue weighted by Gasteiger charge is -2.23. The smallest absolute Gasteiger partial charge is 0.193 e. The number of methoxy groups -OCH3 is 1. The average Bonchev–Trinajstić information content (AvgIpc) is 3.05. The minimum absolute atomic E-state index is 0.731. The summed E-state index contributed by atoms with van der Waals surface area (Å²) in [6.45, 7) is 2.37. The Kier molecular flexibility index (Phi) is 5.82. The van der Waals surface area contributed by atoms with Crippen LogP contribution >= 0.6 is 0 Å². The van der Waals surface area contributed by atoms with Crippen molar-refractivity contribution in [2.24, 2.45) is 4.99 Å². The van der Waals surface area contributed by atoms with Crippen molar-refractivity contribution in [3.8, 4) is 5.75 Å². The molecule has 6 heteroatoms. The van der Waals surface area contributed by atoms with Crippen molar-refractivity contribution in [2.45, 2.75) is 13.1 Å². The molecule has 1 aromatic carbocycles. The van der Waals surface area contributed by atoms with Crippen LogP contribution in [0.15, 0.2) is 48.0 Å². The van der Waals surface area contributed by atoms with E-state index in [1.54, 1.807) is 20.4 Å². The van der Waals surface area contributed by atoms with Gasteiger partial charge in [-0.1, -0.05) is 18.2 Å². The van der Waals surface area contributed by atoms with Gasteiger partial charge in [0, 0.05) is 51.7 Å². The zero-order chi connectivity index (χ0) is 15.8. The van der Waals surface area contributed by atoms with Crippen LogP contribution in [0, 0.1) is 0 Å². The van der Waals surface area contributed by atoms with Gasteiger partial charge < -0.3 is 19.5 Å². The summed E-state index contributed by atoms with van der Waals surface area (Å²) in [6.07, 6.45) is 5.54. The Morgan fingerprint density at radius 2 is 2.23 bits per heavy atom. The number of aliphatic imine (C=N–C) groups is 1. The minimum Gasteiger partial charge on any atom is -0.496 e. The summed E-state index contributed by atoms with van der Waals surface area (Å²) in [6, 6.07) is 8.02. The Bertz CT molecular complexity index is 594. The van der Waals surface area contributed by atoms with Crippen molar-refractivity contribution >= 4 is 5.96 Å². The summed E-state index contributed by atoms with van der Waals surface area (Å²) >= 11 is 0. The van der Waals surface area contributed by atoms with Crippen LogP contribution in [0.5, 0.6) is 5.75 Å². The SMILES string of the molecule is CN=C(NCCn1ccnc1)N(C)Cc1ccccc1OC. The summed E-state index contributed by atoms with van der Waals surface area (Å²) in [5, 5.41) is 3.35. The van der Waals surface area contributed by atoms with E-state index in [0.29, 0.717) is 0 Å². The molecule has 1 heterocycles. The molecule has 0 aliphatic rings. The molecule has 0 bridgehead atoms. The molecule has 118 valence electrons. The fraction of sp³-hybridized carbons (Fsp3) is 0.375. The third kappa shape index (κ3) is 4.25. The molecule has 0 aliphatic carbocycles. The van der Waals surface area contributed by atoms with Crippen molar-refractivity contribution in [1.82, 2.24) is 19.8 Å². The maximum Gasteiger partial charge on any atom is 0.193 e. The first kappa shape index (κ1) is 15.9. The maximum atomic E-state index is 5.39. The topological polar surface area (TPSA) is 54.7 Å². The Morgan fingerprint density at radius 1 is 1.41 bits per heavy atom. The molecule has 1 N–H and O–H groups in total. The molecule has 0 spiro atoms. The monoisotopic (exact) mass is 301 g/mol. The molecule has 0 aliphatic heterocycles. The molecule has 0 amide bonds. The Labute approximate surface area is 131 Å². The van der Waals surface area contributed by atoms with Gasteiger partial charge in [0.1, 0.15) is 5.75 Å². The van der Waals surface area contributed by atoms with Crippen LogP contribution in [0.2, 0.25) is 0 Å². The molecule has 2 aromatic rings. The first-order valence-electron chi connectivity index (χ1n) is 7.24. The van der Waals surface area contributed by atoms with Gasteiger partial charge in [-0.3, -0.25) is 4.99 Å². The van der Waals surface area contributed by atoms with E-state index in [-0.39, 0.29) is 0 Å². The number of para-hydroxylation sites is 1. The molecule has 0 radical (unpaired) electrons. The molecule has 0 saturated heterocycles. The highest BCUT2D eigenvalue weighted by atomic mass is 16.5. The zero-order valence-electron chi connectivity index (χ0n) is 13.4. The number of nitrogens with zero attached hydrogens (tertiary/aromatic N) is 4. The molecule has 2 rings (SSSR count). The van der Waals surface area contributed by atoms with Gasteiger partial charge in [0.05, 0.1) is 13.4 Å². The van der Waals surface area contributed by atoms with Gasteiger partial charge in [0.15, 0.2) is 5.96 Å². The number of nitrogens with one attached hydrogen (secondary N) is 1. The largest absolute Gasteiger partial charge is 0.496 e. The van der Waals surface area contributed by atoms with Crippen molar-refractivity contribution in [1.29, 1.82) is 0 Å². The molecule has 6 nitrogen and oxygen atoms in total. The van der Waals surface area contributed by atoms with Gasteiger partial charge >= 0.3 is 0 Å². The lowest BCUT2D eigenvalue weighted by atomic mass is 10.2. The van der Waals surface area contributed by atoms with Gasteiger partial charge in [-0.05, 0) is 6.07 Å². The number of ether oxygens (including phenoxy) is 1. The van der Waals surface area contributed by atoms with Gasteiger partial charge in [-0.25, -0.2) is 4.98 Å². The fourth-order valence-electron chi connectivity index (χ4n) is 2.26. The van der Waals surface area contributed by atoms with Crippen LogP contribution in [0.1, 0.15) is 5.56 Å². The number of guanidine groups is 1. The highest BCUT2D eigenvalue weighted by Crippen LogP contribution is 2.18. The highest BCUT2D eigenvalue weighted by molar-refractivity contribution is 5.79. The van der Waals surface area contributed by atoms with Crippen LogP contribution in [0.3, 0.4) is 0 Å². The second-order valence-electron chi connectivity index (χ2n) is 4.94. The van der Waals surface area contributed by atoms with Gasteiger partial charge in [0.2, 0.25) is 0 Å². The third-order valence-corrected chi connectivity index (χ3v) is 3.39. The number of hydrogen-bond donors (Lipinski definition) is 1. The maximum absolute atomic E-state index is 5.39. The number of hydrogen-bond acceptors (Lipinski definition) is 3. The normalized spacial score (nSPS) is 11.3. The molecule has 0 atom stereocenters. The molecule has 0 unspecified atom stereocenters. The van der Waals surface area contributed by atoms with E-state index in [2.05, 4.69) is 26.3 Å². The van der Waals surface area contributed by atoms with Gasteiger partial charge in [-0.2, -0.15) is 0 Å². The van der Waals surface area contributed by atoms with Gasteiger partial charge in [0.25, 0.3) is 0 Å². The standard InChI is InChI=1S/C16H23N5O/c1-17-16(19-9-11-21-10-8-18-13-21)20(2)12-14-6-4-5-7-15(14)22-3/h4-8,10,13H,9,11-12H2,1-3H3,(H,17,19). The first-order chi connectivity index (χ1) is 10.7. The molecule has 1 aromatic heterocycles. The number of benzene rings is 1. The minimum atomic E-state index is 0.731. The fourth-order valence-corrected chi connectivity index (χ4v) is 2.26. The molecule has 0 fully saturated rings. The molecular weight excluding hydrogens is 278 g/mol. The lowest BCUT2D eigenvalue weighted by molar-refractivity contribution is 0.396. The van der Waals surface area contributed by atoms with E-state index in [9.17, 15) is 0 Å². The number of imidazole rings is 1. The highest BCUT2D eigenvalue weighted by Gasteiger charge is 2.09. The van der Waals surface area contributed by atoms with E-state index < -0.39 is 0 Å². The van der Waals surface area contributed by atoms with Crippen LogP contribution in [0.4, 0.5) is 0 Å². The summed E-state index contributed by atoms with van der Waals surface area (Å²) in [4.78, 5) is 10.4. The van der Waals surface area contributed by atoms with E-state index >= 15 is 0 Å². The van der Waals surface area contributed by atoms with Crippen molar-refractivity contribution in [2.75, 3.05) is 27.7 Å². The Balaban J connectivity index is 1.90. The summed E-state index contributed by atoms with van der Waals surface area (Å²) in [5.41, 5.74) is 1.13. The van der Waals surface area contributed by atoms with Gasteiger partial charge in [-0.15, -0.1) is 0 Å². The average molecular weight is 301 g/mol. The van der Waals surface area contributed by atoms with E-state index in [0.717, 1.165) is 36.9 Å². The second-order valence-corrected chi connectivity index (χ2v) is 4.94. The zero-order valence-corrected chi connectivity index (χ0v) is 13.4. The van der Waals surface area contributed by atoms with Crippen molar-refractivity contribution in [3.63, 3.8) is 0 Å². The van der Waals surface area contributed by atoms with Crippen LogP contribution in [-0.4, -0.2) is 48.2 Å². The molecule has 22 heavy (non-hydrogen) atoms. The van der Waals surface area contributed by atoms with Crippen molar-refractivity contribution in [3.05, 3.63) is 48.5 Å². The van der Waals surface area contributed by atoms with Crippen LogP contribution < -0.4 is 10.1 Å². The second kappa shape index (κ2) is 8.07. The third-order valence-electron chi connectivity index (χ3n) is 3.39.